The molecule has 0 atom stereocenters. The monoisotopic (exact) mass is 302 g/mol. The number of aromatic hydroxyl groups is 1. The van der Waals surface area contributed by atoms with E-state index in [0.717, 1.165) is 11.1 Å². The highest BCUT2D eigenvalue weighted by Crippen LogP contribution is 2.29. The van der Waals surface area contributed by atoms with Crippen LogP contribution in [0.25, 0.3) is 22.3 Å². The lowest BCUT2D eigenvalue weighted by atomic mass is 9.85. The minimum Gasteiger partial charge on any atom is -0.508 e. The molecule has 1 heteroatoms. The van der Waals surface area contributed by atoms with Crippen LogP contribution in [0.1, 0.15) is 26.3 Å². The van der Waals surface area contributed by atoms with Gasteiger partial charge in [0.25, 0.3) is 0 Å². The molecule has 0 aliphatic carbocycles. The molecule has 0 amide bonds. The third-order valence-corrected chi connectivity index (χ3v) is 4.15. The van der Waals surface area contributed by atoms with Crippen molar-refractivity contribution in [2.45, 2.75) is 26.2 Å². The van der Waals surface area contributed by atoms with Crippen molar-refractivity contribution in [1.29, 1.82) is 0 Å². The molecular formula is C22H22O. The van der Waals surface area contributed by atoms with Crippen LogP contribution >= 0.6 is 0 Å². The zero-order valence-electron chi connectivity index (χ0n) is 13.9. The lowest BCUT2D eigenvalue weighted by Crippen LogP contribution is -2.10. The molecular weight excluding hydrogens is 280 g/mol. The van der Waals surface area contributed by atoms with Gasteiger partial charge in [0.2, 0.25) is 0 Å². The van der Waals surface area contributed by atoms with Gasteiger partial charge in [-0.2, -0.15) is 0 Å². The van der Waals surface area contributed by atoms with Crippen molar-refractivity contribution in [3.8, 4) is 28.0 Å². The molecule has 0 unspecified atom stereocenters. The largest absolute Gasteiger partial charge is 0.508 e. The van der Waals surface area contributed by atoms with Gasteiger partial charge in [-0.1, -0.05) is 81.4 Å². The molecule has 3 rings (SSSR count). The Hall–Kier alpha value is -2.54. The second-order valence-corrected chi connectivity index (χ2v) is 6.96. The Bertz CT molecular complexity index is 791. The van der Waals surface area contributed by atoms with E-state index in [0.29, 0.717) is 5.75 Å². The summed E-state index contributed by atoms with van der Waals surface area (Å²) in [5.41, 5.74) is 6.23. The van der Waals surface area contributed by atoms with E-state index in [4.69, 9.17) is 0 Å². The van der Waals surface area contributed by atoms with E-state index in [-0.39, 0.29) is 5.41 Å². The van der Waals surface area contributed by atoms with Crippen molar-refractivity contribution in [2.75, 3.05) is 0 Å². The summed E-state index contributed by atoms with van der Waals surface area (Å²) in [5.74, 6) is 0.296. The average Bonchev–Trinajstić information content (AvgIpc) is 2.55. The molecule has 0 spiro atoms. The standard InChI is InChI=1S/C22H22O/c1-22(2,3)20-6-4-5-19(15-20)18-9-7-16(8-10-18)17-11-13-21(23)14-12-17/h4-15,23H,1-3H3. The van der Waals surface area contributed by atoms with Crippen molar-refractivity contribution in [3.05, 3.63) is 78.4 Å². The summed E-state index contributed by atoms with van der Waals surface area (Å²) in [6, 6.07) is 24.6. The van der Waals surface area contributed by atoms with Gasteiger partial charge in [-0.3, -0.25) is 0 Å². The highest BCUT2D eigenvalue weighted by Gasteiger charge is 2.13. The average molecular weight is 302 g/mol. The Labute approximate surface area is 138 Å². The molecule has 0 heterocycles. The predicted octanol–water partition coefficient (Wildman–Crippen LogP) is 6.02. The fourth-order valence-corrected chi connectivity index (χ4v) is 2.67. The zero-order chi connectivity index (χ0) is 16.4. The fraction of sp³-hybridized carbons (Fsp3) is 0.182. The molecule has 0 aliphatic heterocycles. The first kappa shape index (κ1) is 15.4. The van der Waals surface area contributed by atoms with Gasteiger partial charge in [0.05, 0.1) is 0 Å². The van der Waals surface area contributed by atoms with Gasteiger partial charge in [0.15, 0.2) is 0 Å². The van der Waals surface area contributed by atoms with E-state index in [1.165, 1.54) is 16.7 Å². The molecule has 0 fully saturated rings. The second-order valence-electron chi connectivity index (χ2n) is 6.96. The Morgan fingerprint density at radius 1 is 0.609 bits per heavy atom. The fourth-order valence-electron chi connectivity index (χ4n) is 2.67. The SMILES string of the molecule is CC(C)(C)c1cccc(-c2ccc(-c3ccc(O)cc3)cc2)c1. The van der Waals surface area contributed by atoms with Crippen LogP contribution < -0.4 is 0 Å². The van der Waals surface area contributed by atoms with Gasteiger partial charge in [0, 0.05) is 0 Å². The number of phenolic OH excluding ortho intramolecular Hbond substituents is 1. The highest BCUT2D eigenvalue weighted by molar-refractivity contribution is 5.71. The number of benzene rings is 3. The lowest BCUT2D eigenvalue weighted by Gasteiger charge is -2.19. The maximum atomic E-state index is 9.39. The predicted molar refractivity (Wildman–Crippen MR) is 97.7 cm³/mol. The maximum absolute atomic E-state index is 9.39. The molecule has 116 valence electrons. The van der Waals surface area contributed by atoms with E-state index in [1.54, 1.807) is 12.1 Å². The molecule has 0 aromatic heterocycles. The Kier molecular flexibility index (Phi) is 3.96. The lowest BCUT2D eigenvalue weighted by molar-refractivity contribution is 0.475. The molecule has 3 aromatic carbocycles. The van der Waals surface area contributed by atoms with E-state index in [2.05, 4.69) is 69.3 Å². The molecule has 23 heavy (non-hydrogen) atoms. The Morgan fingerprint density at radius 3 is 1.61 bits per heavy atom. The summed E-state index contributed by atoms with van der Waals surface area (Å²) in [5, 5.41) is 9.39. The third kappa shape index (κ3) is 3.45. The Morgan fingerprint density at radius 2 is 1.09 bits per heavy atom. The van der Waals surface area contributed by atoms with Crippen molar-refractivity contribution in [2.24, 2.45) is 0 Å². The van der Waals surface area contributed by atoms with Crippen LogP contribution in [0.2, 0.25) is 0 Å². The van der Waals surface area contributed by atoms with Crippen LogP contribution in [0.4, 0.5) is 0 Å². The van der Waals surface area contributed by atoms with Gasteiger partial charge in [-0.15, -0.1) is 0 Å². The minimum atomic E-state index is 0.155. The van der Waals surface area contributed by atoms with E-state index in [9.17, 15) is 5.11 Å². The van der Waals surface area contributed by atoms with Crippen molar-refractivity contribution in [1.82, 2.24) is 0 Å². The molecule has 3 aromatic rings. The van der Waals surface area contributed by atoms with Gasteiger partial charge in [-0.05, 0) is 45.4 Å². The van der Waals surface area contributed by atoms with E-state index in [1.807, 2.05) is 12.1 Å². The maximum Gasteiger partial charge on any atom is 0.115 e. The summed E-state index contributed by atoms with van der Waals surface area (Å²) in [6.45, 7) is 6.71. The van der Waals surface area contributed by atoms with Gasteiger partial charge in [-0.25, -0.2) is 0 Å². The first-order valence-corrected chi connectivity index (χ1v) is 7.94. The second kappa shape index (κ2) is 5.92. The summed E-state index contributed by atoms with van der Waals surface area (Å²) in [4.78, 5) is 0. The van der Waals surface area contributed by atoms with E-state index >= 15 is 0 Å². The van der Waals surface area contributed by atoms with Gasteiger partial charge >= 0.3 is 0 Å². The topological polar surface area (TPSA) is 20.2 Å². The normalized spacial score (nSPS) is 11.4. The van der Waals surface area contributed by atoms with Gasteiger partial charge < -0.3 is 5.11 Å². The zero-order valence-corrected chi connectivity index (χ0v) is 13.9. The molecule has 0 aliphatic rings. The van der Waals surface area contributed by atoms with Gasteiger partial charge in [0.1, 0.15) is 5.75 Å². The van der Waals surface area contributed by atoms with Crippen molar-refractivity contribution >= 4 is 0 Å². The van der Waals surface area contributed by atoms with Crippen LogP contribution in [-0.2, 0) is 5.41 Å². The van der Waals surface area contributed by atoms with Crippen LogP contribution in [0.15, 0.2) is 72.8 Å². The molecule has 1 N–H and O–H groups in total. The van der Waals surface area contributed by atoms with E-state index < -0.39 is 0 Å². The third-order valence-electron chi connectivity index (χ3n) is 4.15. The Balaban J connectivity index is 1.92. The summed E-state index contributed by atoms with van der Waals surface area (Å²) < 4.78 is 0. The first-order chi connectivity index (χ1) is 10.9. The van der Waals surface area contributed by atoms with Crippen LogP contribution in [0.3, 0.4) is 0 Å². The highest BCUT2D eigenvalue weighted by atomic mass is 16.3. The summed E-state index contributed by atoms with van der Waals surface area (Å²) >= 11 is 0. The summed E-state index contributed by atoms with van der Waals surface area (Å²) in [6.07, 6.45) is 0. The first-order valence-electron chi connectivity index (χ1n) is 7.94. The number of phenols is 1. The molecule has 0 bridgehead atoms. The molecule has 0 radical (unpaired) electrons. The number of hydrogen-bond donors (Lipinski definition) is 1. The molecule has 0 saturated carbocycles. The summed E-state index contributed by atoms with van der Waals surface area (Å²) in [7, 11) is 0. The van der Waals surface area contributed by atoms with Crippen LogP contribution in [-0.4, -0.2) is 5.11 Å². The number of hydrogen-bond acceptors (Lipinski definition) is 1. The number of rotatable bonds is 2. The van der Waals surface area contributed by atoms with Crippen LogP contribution in [0, 0.1) is 0 Å². The molecule has 1 nitrogen and oxygen atoms in total. The van der Waals surface area contributed by atoms with Crippen molar-refractivity contribution < 1.29 is 5.11 Å². The quantitative estimate of drug-likeness (QED) is 0.613. The molecule has 0 saturated heterocycles. The van der Waals surface area contributed by atoms with Crippen molar-refractivity contribution in [3.63, 3.8) is 0 Å². The smallest absolute Gasteiger partial charge is 0.115 e. The minimum absolute atomic E-state index is 0.155. The van der Waals surface area contributed by atoms with Crippen LogP contribution in [0.5, 0.6) is 5.75 Å².